The summed E-state index contributed by atoms with van der Waals surface area (Å²) in [6.07, 6.45) is 0.511. The van der Waals surface area contributed by atoms with Crippen molar-refractivity contribution in [1.29, 1.82) is 0 Å². The van der Waals surface area contributed by atoms with Gasteiger partial charge in [-0.2, -0.15) is 13.2 Å². The normalized spacial score (nSPS) is 16.6. The Labute approximate surface area is 142 Å². The number of hydrogen-bond donors (Lipinski definition) is 1. The molecule has 0 saturated carbocycles. The Bertz CT molecular complexity index is 545. The Morgan fingerprint density at radius 2 is 1.46 bits per heavy atom. The van der Waals surface area contributed by atoms with Crippen LogP contribution in [0.2, 0.25) is 0 Å². The maximum atomic E-state index is 12.5. The third kappa shape index (κ3) is 6.23. The lowest BCUT2D eigenvalue weighted by Crippen LogP contribution is -2.45. The van der Waals surface area contributed by atoms with Crippen molar-refractivity contribution in [1.82, 2.24) is 4.72 Å². The fourth-order valence-electron chi connectivity index (χ4n) is 2.27. The second kappa shape index (κ2) is 7.19. The van der Waals surface area contributed by atoms with Gasteiger partial charge in [-0.15, -0.1) is 0 Å². The zero-order chi connectivity index (χ0) is 19.6. The van der Waals surface area contributed by atoms with Crippen LogP contribution in [0.1, 0.15) is 54.9 Å². The molecular weight excluding hydrogens is 347 g/mol. The standard InChI is InChI=1S/C15H28F3NO4S/c1-12(2,3)10-14(7,13(4,5)6)11(20)23-9-8-19-24(21,22)15(16,17)18/h19H,8-10H2,1-7H3. The molecule has 24 heavy (non-hydrogen) atoms. The molecule has 0 aliphatic carbocycles. The van der Waals surface area contributed by atoms with E-state index in [0.29, 0.717) is 6.42 Å². The molecule has 0 fully saturated rings. The Morgan fingerprint density at radius 3 is 1.79 bits per heavy atom. The van der Waals surface area contributed by atoms with E-state index in [2.05, 4.69) is 0 Å². The van der Waals surface area contributed by atoms with Crippen LogP contribution in [0.15, 0.2) is 0 Å². The van der Waals surface area contributed by atoms with Crippen LogP contribution in [0.5, 0.6) is 0 Å². The molecule has 1 atom stereocenters. The van der Waals surface area contributed by atoms with Crippen molar-refractivity contribution in [2.45, 2.75) is 60.4 Å². The summed E-state index contributed by atoms with van der Waals surface area (Å²) in [4.78, 5) is 12.5. The topological polar surface area (TPSA) is 72.5 Å². The molecule has 0 heterocycles. The first-order valence-corrected chi connectivity index (χ1v) is 9.05. The first-order valence-electron chi connectivity index (χ1n) is 7.57. The molecule has 0 aromatic carbocycles. The van der Waals surface area contributed by atoms with Crippen LogP contribution in [0.25, 0.3) is 0 Å². The smallest absolute Gasteiger partial charge is 0.464 e. The number of nitrogens with one attached hydrogen (secondary N) is 1. The second-order valence-electron chi connectivity index (χ2n) is 8.30. The highest BCUT2D eigenvalue weighted by molar-refractivity contribution is 7.90. The van der Waals surface area contributed by atoms with Gasteiger partial charge in [-0.05, 0) is 24.2 Å². The van der Waals surface area contributed by atoms with Crippen LogP contribution >= 0.6 is 0 Å². The molecule has 0 aliphatic rings. The van der Waals surface area contributed by atoms with Crippen molar-refractivity contribution in [2.75, 3.05) is 13.2 Å². The van der Waals surface area contributed by atoms with Gasteiger partial charge in [0, 0.05) is 6.54 Å². The van der Waals surface area contributed by atoms with Crippen LogP contribution in [0.3, 0.4) is 0 Å². The Balaban J connectivity index is 4.90. The molecule has 0 amide bonds. The molecule has 0 radical (unpaired) electrons. The van der Waals surface area contributed by atoms with E-state index in [9.17, 15) is 26.4 Å². The predicted octanol–water partition coefficient (Wildman–Crippen LogP) is 3.46. The summed E-state index contributed by atoms with van der Waals surface area (Å²) in [6.45, 7) is 12.2. The van der Waals surface area contributed by atoms with E-state index < -0.39 is 45.5 Å². The van der Waals surface area contributed by atoms with Crippen molar-refractivity contribution in [3.05, 3.63) is 0 Å². The fraction of sp³-hybridized carbons (Fsp3) is 0.933. The highest BCUT2D eigenvalue weighted by atomic mass is 32.2. The molecule has 144 valence electrons. The quantitative estimate of drug-likeness (QED) is 0.570. The number of halogens is 3. The van der Waals surface area contributed by atoms with Gasteiger partial charge in [0.2, 0.25) is 0 Å². The van der Waals surface area contributed by atoms with E-state index in [1.807, 2.05) is 41.5 Å². The van der Waals surface area contributed by atoms with Crippen LogP contribution in [0.4, 0.5) is 13.2 Å². The summed E-state index contributed by atoms with van der Waals surface area (Å²) < 4.78 is 64.7. The SMILES string of the molecule is CC(C)(C)CC(C)(C(=O)OCCNS(=O)(=O)C(F)(F)F)C(C)(C)C. The lowest BCUT2D eigenvalue weighted by molar-refractivity contribution is -0.164. The highest BCUT2D eigenvalue weighted by Gasteiger charge is 2.48. The van der Waals surface area contributed by atoms with Gasteiger partial charge >= 0.3 is 21.5 Å². The summed E-state index contributed by atoms with van der Waals surface area (Å²) in [5.41, 5.74) is -6.86. The number of ether oxygens (including phenoxy) is 1. The molecule has 1 unspecified atom stereocenters. The summed E-state index contributed by atoms with van der Waals surface area (Å²) in [7, 11) is -5.43. The minimum Gasteiger partial charge on any atom is -0.464 e. The largest absolute Gasteiger partial charge is 0.511 e. The number of rotatable bonds is 6. The summed E-state index contributed by atoms with van der Waals surface area (Å²) >= 11 is 0. The van der Waals surface area contributed by atoms with E-state index in [0.717, 1.165) is 0 Å². The number of alkyl halides is 3. The number of sulfonamides is 1. The van der Waals surface area contributed by atoms with Crippen LogP contribution < -0.4 is 4.72 Å². The molecule has 0 aliphatic heterocycles. The molecule has 0 aromatic rings. The maximum Gasteiger partial charge on any atom is 0.511 e. The molecule has 0 aromatic heterocycles. The minimum atomic E-state index is -5.43. The first kappa shape index (κ1) is 23.2. The molecule has 0 saturated heterocycles. The number of esters is 1. The number of carbonyl (C=O) groups excluding carboxylic acids is 1. The minimum absolute atomic E-state index is 0.168. The van der Waals surface area contributed by atoms with Crippen LogP contribution in [-0.4, -0.2) is 33.0 Å². The Kier molecular flexibility index (Phi) is 6.94. The molecular formula is C15H28F3NO4S. The van der Waals surface area contributed by atoms with Gasteiger partial charge < -0.3 is 4.74 Å². The molecule has 5 nitrogen and oxygen atoms in total. The van der Waals surface area contributed by atoms with Crippen LogP contribution in [-0.2, 0) is 19.6 Å². The van der Waals surface area contributed by atoms with E-state index in [1.165, 1.54) is 4.72 Å². The molecule has 0 spiro atoms. The summed E-state index contributed by atoms with van der Waals surface area (Å²) in [6, 6.07) is 0. The maximum absolute atomic E-state index is 12.5. The first-order chi connectivity index (χ1) is 10.3. The average Bonchev–Trinajstić information content (AvgIpc) is 2.29. The number of carbonyl (C=O) groups is 1. The van der Waals surface area contributed by atoms with E-state index >= 15 is 0 Å². The van der Waals surface area contributed by atoms with Crippen molar-refractivity contribution in [2.24, 2.45) is 16.2 Å². The lowest BCUT2D eigenvalue weighted by Gasteiger charge is -2.43. The second-order valence-corrected chi connectivity index (χ2v) is 10.1. The van der Waals surface area contributed by atoms with Crippen molar-refractivity contribution in [3.8, 4) is 0 Å². The highest BCUT2D eigenvalue weighted by Crippen LogP contribution is 2.47. The van der Waals surface area contributed by atoms with Crippen molar-refractivity contribution >= 4 is 16.0 Å². The molecule has 1 N–H and O–H groups in total. The molecule has 0 bridgehead atoms. The average molecular weight is 375 g/mol. The van der Waals surface area contributed by atoms with Gasteiger partial charge in [-0.3, -0.25) is 4.79 Å². The van der Waals surface area contributed by atoms with Gasteiger partial charge in [0.25, 0.3) is 0 Å². The third-order valence-corrected chi connectivity index (χ3v) is 5.12. The van der Waals surface area contributed by atoms with E-state index in [1.54, 1.807) is 6.92 Å². The van der Waals surface area contributed by atoms with Crippen molar-refractivity contribution < 1.29 is 31.1 Å². The van der Waals surface area contributed by atoms with Gasteiger partial charge in [0.15, 0.2) is 0 Å². The Hall–Kier alpha value is -0.830. The summed E-state index contributed by atoms with van der Waals surface area (Å²) in [5.74, 6) is -0.559. The monoisotopic (exact) mass is 375 g/mol. The lowest BCUT2D eigenvalue weighted by atomic mass is 9.61. The van der Waals surface area contributed by atoms with Gasteiger partial charge in [0.05, 0.1) is 5.41 Å². The van der Waals surface area contributed by atoms with E-state index in [-0.39, 0.29) is 5.41 Å². The van der Waals surface area contributed by atoms with E-state index in [4.69, 9.17) is 4.74 Å². The molecule has 9 heteroatoms. The number of hydrogen-bond acceptors (Lipinski definition) is 4. The zero-order valence-corrected chi connectivity index (χ0v) is 16.1. The predicted molar refractivity (Wildman–Crippen MR) is 85.6 cm³/mol. The zero-order valence-electron chi connectivity index (χ0n) is 15.3. The van der Waals surface area contributed by atoms with Gasteiger partial charge in [-0.1, -0.05) is 41.5 Å². The van der Waals surface area contributed by atoms with Crippen LogP contribution in [0, 0.1) is 16.2 Å². The Morgan fingerprint density at radius 1 is 1.00 bits per heavy atom. The van der Waals surface area contributed by atoms with Crippen molar-refractivity contribution in [3.63, 3.8) is 0 Å². The fourth-order valence-corrected chi connectivity index (χ4v) is 2.78. The summed E-state index contributed by atoms with van der Waals surface area (Å²) in [5, 5.41) is 0. The van der Waals surface area contributed by atoms with Gasteiger partial charge in [0.1, 0.15) is 6.61 Å². The third-order valence-electron chi connectivity index (χ3n) is 3.92. The molecule has 0 rings (SSSR count). The van der Waals surface area contributed by atoms with Gasteiger partial charge in [-0.25, -0.2) is 13.1 Å².